The minimum atomic E-state index is -1.01. The lowest BCUT2D eigenvalue weighted by atomic mass is 9.73. The summed E-state index contributed by atoms with van der Waals surface area (Å²) < 4.78 is 0. The summed E-state index contributed by atoms with van der Waals surface area (Å²) in [7, 11) is 0. The Labute approximate surface area is 112 Å². The molecule has 2 heterocycles. The maximum absolute atomic E-state index is 10.9. The minimum absolute atomic E-state index is 0.0297. The standard InChI is InChI=1S/C14H19N3O2/c18-13(19)11-8-15-9-12(16-11)17-7-6-14(10-17)4-2-1-3-5-14/h8-9H,1-7,10H2,(H,18,19). The zero-order valence-electron chi connectivity index (χ0n) is 11.0. The van der Waals surface area contributed by atoms with Crippen LogP contribution in [0.4, 0.5) is 5.82 Å². The van der Waals surface area contributed by atoms with Gasteiger partial charge in [-0.3, -0.25) is 4.98 Å². The molecule has 0 unspecified atom stereocenters. The van der Waals surface area contributed by atoms with Crippen LogP contribution in [0.3, 0.4) is 0 Å². The quantitative estimate of drug-likeness (QED) is 0.885. The summed E-state index contributed by atoms with van der Waals surface area (Å²) in [4.78, 5) is 21.3. The van der Waals surface area contributed by atoms with Gasteiger partial charge in [-0.15, -0.1) is 0 Å². The smallest absolute Gasteiger partial charge is 0.356 e. The summed E-state index contributed by atoms with van der Waals surface area (Å²) >= 11 is 0. The van der Waals surface area contributed by atoms with E-state index in [2.05, 4.69) is 14.9 Å². The van der Waals surface area contributed by atoms with Gasteiger partial charge in [-0.05, 0) is 24.7 Å². The third-order valence-corrected chi connectivity index (χ3v) is 4.52. The third kappa shape index (κ3) is 2.41. The first-order chi connectivity index (χ1) is 9.19. The molecule has 1 aromatic rings. The Kier molecular flexibility index (Phi) is 3.12. The summed E-state index contributed by atoms with van der Waals surface area (Å²) in [6, 6.07) is 0. The minimum Gasteiger partial charge on any atom is -0.476 e. The van der Waals surface area contributed by atoms with Crippen molar-refractivity contribution < 1.29 is 9.90 Å². The Bertz CT molecular complexity index is 483. The van der Waals surface area contributed by atoms with Crippen LogP contribution in [0.1, 0.15) is 49.0 Å². The van der Waals surface area contributed by atoms with E-state index in [4.69, 9.17) is 5.11 Å². The number of aromatic nitrogens is 2. The van der Waals surface area contributed by atoms with Gasteiger partial charge in [0.15, 0.2) is 5.69 Å². The number of rotatable bonds is 2. The van der Waals surface area contributed by atoms with E-state index in [1.54, 1.807) is 6.20 Å². The summed E-state index contributed by atoms with van der Waals surface area (Å²) in [6.45, 7) is 1.97. The molecule has 1 aromatic heterocycles. The molecule has 0 amide bonds. The molecule has 1 aliphatic carbocycles. The van der Waals surface area contributed by atoms with Gasteiger partial charge in [-0.2, -0.15) is 0 Å². The van der Waals surface area contributed by atoms with Crippen LogP contribution in [0.25, 0.3) is 0 Å². The number of carbonyl (C=O) groups is 1. The average Bonchev–Trinajstić information content (AvgIpc) is 2.83. The molecule has 2 fully saturated rings. The van der Waals surface area contributed by atoms with Gasteiger partial charge in [0.1, 0.15) is 5.82 Å². The summed E-state index contributed by atoms with van der Waals surface area (Å²) in [5.74, 6) is -0.303. The van der Waals surface area contributed by atoms with Crippen molar-refractivity contribution in [2.45, 2.75) is 38.5 Å². The van der Waals surface area contributed by atoms with Crippen LogP contribution < -0.4 is 4.90 Å². The fourth-order valence-electron chi connectivity index (χ4n) is 3.45. The van der Waals surface area contributed by atoms with Crippen LogP contribution in [-0.2, 0) is 0 Å². The van der Waals surface area contributed by atoms with Crippen molar-refractivity contribution in [3.63, 3.8) is 0 Å². The van der Waals surface area contributed by atoms with Crippen molar-refractivity contribution in [2.75, 3.05) is 18.0 Å². The molecule has 1 saturated carbocycles. The highest BCUT2D eigenvalue weighted by atomic mass is 16.4. The van der Waals surface area contributed by atoms with Crippen molar-refractivity contribution in [1.29, 1.82) is 0 Å². The third-order valence-electron chi connectivity index (χ3n) is 4.52. The van der Waals surface area contributed by atoms with E-state index in [-0.39, 0.29) is 5.69 Å². The van der Waals surface area contributed by atoms with E-state index in [0.29, 0.717) is 11.2 Å². The highest BCUT2D eigenvalue weighted by Crippen LogP contribution is 2.44. The number of carboxylic acid groups (broad SMARTS) is 1. The van der Waals surface area contributed by atoms with E-state index in [0.717, 1.165) is 13.1 Å². The second kappa shape index (κ2) is 4.79. The normalized spacial score (nSPS) is 21.8. The van der Waals surface area contributed by atoms with Gasteiger partial charge in [0.2, 0.25) is 0 Å². The SMILES string of the molecule is O=C(O)c1cncc(N2CCC3(CCCCC3)C2)n1. The summed E-state index contributed by atoms with van der Waals surface area (Å²) in [5.41, 5.74) is 0.473. The molecule has 0 bridgehead atoms. The van der Waals surface area contributed by atoms with Gasteiger partial charge in [0.25, 0.3) is 0 Å². The molecule has 3 rings (SSSR count). The summed E-state index contributed by atoms with van der Waals surface area (Å²) in [5, 5.41) is 8.97. The van der Waals surface area contributed by atoms with Gasteiger partial charge < -0.3 is 10.0 Å². The maximum Gasteiger partial charge on any atom is 0.356 e. The first-order valence-corrected chi connectivity index (χ1v) is 6.99. The number of carboxylic acids is 1. The van der Waals surface area contributed by atoms with Crippen LogP contribution in [0.2, 0.25) is 0 Å². The monoisotopic (exact) mass is 261 g/mol. The molecule has 1 saturated heterocycles. The van der Waals surface area contributed by atoms with E-state index < -0.39 is 5.97 Å². The zero-order valence-corrected chi connectivity index (χ0v) is 11.0. The molecular formula is C14H19N3O2. The van der Waals surface area contributed by atoms with Gasteiger partial charge >= 0.3 is 5.97 Å². The van der Waals surface area contributed by atoms with Crippen LogP contribution in [0.5, 0.6) is 0 Å². The van der Waals surface area contributed by atoms with E-state index in [9.17, 15) is 4.79 Å². The molecule has 1 spiro atoms. The predicted octanol–water partition coefficient (Wildman–Crippen LogP) is 2.34. The largest absolute Gasteiger partial charge is 0.476 e. The van der Waals surface area contributed by atoms with Gasteiger partial charge in [-0.25, -0.2) is 9.78 Å². The number of hydrogen-bond donors (Lipinski definition) is 1. The molecule has 1 N–H and O–H groups in total. The zero-order chi connectivity index (χ0) is 13.3. The lowest BCUT2D eigenvalue weighted by Gasteiger charge is -2.33. The molecule has 0 aromatic carbocycles. The van der Waals surface area contributed by atoms with Crippen molar-refractivity contribution in [3.8, 4) is 0 Å². The fraction of sp³-hybridized carbons (Fsp3) is 0.643. The van der Waals surface area contributed by atoms with Crippen LogP contribution >= 0.6 is 0 Å². The van der Waals surface area contributed by atoms with Crippen molar-refractivity contribution >= 4 is 11.8 Å². The molecule has 2 aliphatic rings. The Morgan fingerprint density at radius 1 is 1.21 bits per heavy atom. The number of aromatic carboxylic acids is 1. The lowest BCUT2D eigenvalue weighted by Crippen LogP contribution is -2.29. The predicted molar refractivity (Wildman–Crippen MR) is 71.3 cm³/mol. The first-order valence-electron chi connectivity index (χ1n) is 6.99. The van der Waals surface area contributed by atoms with Crippen LogP contribution in [-0.4, -0.2) is 34.1 Å². The molecule has 102 valence electrons. The van der Waals surface area contributed by atoms with Gasteiger partial charge in [0, 0.05) is 13.1 Å². The van der Waals surface area contributed by atoms with E-state index in [1.807, 2.05) is 0 Å². The molecule has 0 radical (unpaired) electrons. The van der Waals surface area contributed by atoms with Crippen LogP contribution in [0, 0.1) is 5.41 Å². The number of hydrogen-bond acceptors (Lipinski definition) is 4. The van der Waals surface area contributed by atoms with Gasteiger partial charge in [-0.1, -0.05) is 19.3 Å². The molecule has 1 aliphatic heterocycles. The van der Waals surface area contributed by atoms with Crippen molar-refractivity contribution in [2.24, 2.45) is 5.41 Å². The summed E-state index contributed by atoms with van der Waals surface area (Å²) in [6.07, 6.45) is 10.8. The Morgan fingerprint density at radius 3 is 2.74 bits per heavy atom. The Balaban J connectivity index is 1.77. The lowest BCUT2D eigenvalue weighted by molar-refractivity contribution is 0.0690. The molecular weight excluding hydrogens is 242 g/mol. The number of nitrogens with zero attached hydrogens (tertiary/aromatic N) is 3. The van der Waals surface area contributed by atoms with Crippen LogP contribution in [0.15, 0.2) is 12.4 Å². The number of anilines is 1. The van der Waals surface area contributed by atoms with E-state index >= 15 is 0 Å². The fourth-order valence-corrected chi connectivity index (χ4v) is 3.45. The highest BCUT2D eigenvalue weighted by Gasteiger charge is 2.39. The maximum atomic E-state index is 10.9. The molecule has 0 atom stereocenters. The molecule has 19 heavy (non-hydrogen) atoms. The second-order valence-corrected chi connectivity index (χ2v) is 5.80. The first kappa shape index (κ1) is 12.4. The van der Waals surface area contributed by atoms with Crippen molar-refractivity contribution in [1.82, 2.24) is 9.97 Å². The van der Waals surface area contributed by atoms with E-state index in [1.165, 1.54) is 44.7 Å². The van der Waals surface area contributed by atoms with Crippen molar-refractivity contribution in [3.05, 3.63) is 18.1 Å². The average molecular weight is 261 g/mol. The van der Waals surface area contributed by atoms with Gasteiger partial charge in [0.05, 0.1) is 12.4 Å². The molecule has 5 nitrogen and oxygen atoms in total. The Morgan fingerprint density at radius 2 is 2.00 bits per heavy atom. The Hall–Kier alpha value is -1.65. The highest BCUT2D eigenvalue weighted by molar-refractivity contribution is 5.85. The topological polar surface area (TPSA) is 66.3 Å². The molecule has 5 heteroatoms. The second-order valence-electron chi connectivity index (χ2n) is 5.80.